The third-order valence-electron chi connectivity index (χ3n) is 6.99. The van der Waals surface area contributed by atoms with E-state index in [1.165, 1.54) is 148 Å². The van der Waals surface area contributed by atoms with Crippen molar-refractivity contribution >= 4 is 0 Å². The van der Waals surface area contributed by atoms with Gasteiger partial charge in [0.15, 0.2) is 0 Å². The highest BCUT2D eigenvalue weighted by Crippen LogP contribution is 2.20. The molecule has 0 saturated heterocycles. The Morgan fingerprint density at radius 3 is 0.793 bits per heavy atom. The number of rotatable bonds is 24. The van der Waals surface area contributed by atoms with E-state index in [0.717, 1.165) is 11.8 Å². The molecule has 0 rings (SSSR count). The molecule has 0 N–H and O–H groups in total. The van der Waals surface area contributed by atoms with Crippen LogP contribution in [0.3, 0.4) is 0 Å². The molecule has 2 unspecified atom stereocenters. The minimum atomic E-state index is 0.968. The molecule has 0 aliphatic rings. The van der Waals surface area contributed by atoms with Gasteiger partial charge in [0.2, 0.25) is 0 Å². The summed E-state index contributed by atoms with van der Waals surface area (Å²) in [5.41, 5.74) is 0. The van der Waals surface area contributed by atoms with Crippen LogP contribution in [0.1, 0.15) is 175 Å². The Kier molecular flexibility index (Phi) is 24.3. The third-order valence-corrected chi connectivity index (χ3v) is 6.99. The average molecular weight is 409 g/mol. The fourth-order valence-electron chi connectivity index (χ4n) is 4.70. The molecule has 0 amide bonds. The van der Waals surface area contributed by atoms with Gasteiger partial charge in [0.1, 0.15) is 0 Å². The Hall–Kier alpha value is 0. The summed E-state index contributed by atoms with van der Waals surface area (Å²) in [4.78, 5) is 0. The van der Waals surface area contributed by atoms with Gasteiger partial charge in [0.05, 0.1) is 0 Å². The van der Waals surface area contributed by atoms with Crippen molar-refractivity contribution in [2.45, 2.75) is 175 Å². The molecule has 0 heteroatoms. The van der Waals surface area contributed by atoms with E-state index in [4.69, 9.17) is 0 Å². The molecule has 0 saturated carbocycles. The number of hydrogen-bond donors (Lipinski definition) is 0. The molecule has 0 fully saturated rings. The molecule has 0 aromatic rings. The van der Waals surface area contributed by atoms with Crippen LogP contribution in [0.4, 0.5) is 0 Å². The average Bonchev–Trinajstić information content (AvgIpc) is 2.72. The summed E-state index contributed by atoms with van der Waals surface area (Å²) in [7, 11) is 0. The summed E-state index contributed by atoms with van der Waals surface area (Å²) in [6.07, 6.45) is 33.7. The van der Waals surface area contributed by atoms with E-state index < -0.39 is 0 Å². The highest BCUT2D eigenvalue weighted by atomic mass is 14.1. The van der Waals surface area contributed by atoms with Crippen molar-refractivity contribution in [3.05, 3.63) is 0 Å². The van der Waals surface area contributed by atoms with Gasteiger partial charge in [0, 0.05) is 0 Å². The van der Waals surface area contributed by atoms with Crippen LogP contribution in [0, 0.1) is 11.8 Å². The van der Waals surface area contributed by atoms with Gasteiger partial charge in [-0.1, -0.05) is 175 Å². The normalized spacial score (nSPS) is 13.7. The molecular formula is C29H60. The molecule has 29 heavy (non-hydrogen) atoms. The molecule has 0 nitrogen and oxygen atoms in total. The molecule has 0 aliphatic carbocycles. The van der Waals surface area contributed by atoms with Gasteiger partial charge in [-0.3, -0.25) is 0 Å². The molecule has 2 atom stereocenters. The van der Waals surface area contributed by atoms with E-state index in [2.05, 4.69) is 27.7 Å². The van der Waals surface area contributed by atoms with Crippen LogP contribution in [-0.2, 0) is 0 Å². The SMILES string of the molecule is CCCCCCCCC(C)CCCCCCCCCCCC(C)CCCCCC. The minimum Gasteiger partial charge on any atom is -0.0654 e. The molecule has 0 heterocycles. The second-order valence-corrected chi connectivity index (χ2v) is 10.4. The van der Waals surface area contributed by atoms with Crippen molar-refractivity contribution < 1.29 is 0 Å². The lowest BCUT2D eigenvalue weighted by Gasteiger charge is -2.11. The van der Waals surface area contributed by atoms with Gasteiger partial charge in [0.25, 0.3) is 0 Å². The maximum Gasteiger partial charge on any atom is -0.0443 e. The number of unbranched alkanes of at least 4 members (excludes halogenated alkanes) is 16. The summed E-state index contributed by atoms with van der Waals surface area (Å²) >= 11 is 0. The highest BCUT2D eigenvalue weighted by molar-refractivity contribution is 4.57. The largest absolute Gasteiger partial charge is 0.0654 e. The lowest BCUT2D eigenvalue weighted by molar-refractivity contribution is 0.426. The van der Waals surface area contributed by atoms with E-state index in [0.29, 0.717) is 0 Å². The lowest BCUT2D eigenvalue weighted by Crippen LogP contribution is -1.95. The van der Waals surface area contributed by atoms with Crippen molar-refractivity contribution in [2.24, 2.45) is 11.8 Å². The van der Waals surface area contributed by atoms with Gasteiger partial charge in [-0.2, -0.15) is 0 Å². The quantitative estimate of drug-likeness (QED) is 0.139. The Morgan fingerprint density at radius 2 is 0.517 bits per heavy atom. The minimum absolute atomic E-state index is 0.968. The van der Waals surface area contributed by atoms with Crippen LogP contribution in [0.5, 0.6) is 0 Å². The van der Waals surface area contributed by atoms with E-state index in [1.807, 2.05) is 0 Å². The van der Waals surface area contributed by atoms with Crippen LogP contribution < -0.4 is 0 Å². The monoisotopic (exact) mass is 408 g/mol. The van der Waals surface area contributed by atoms with Crippen LogP contribution in [0.2, 0.25) is 0 Å². The Labute approximate surface area is 187 Å². The van der Waals surface area contributed by atoms with Crippen molar-refractivity contribution in [1.29, 1.82) is 0 Å². The molecule has 176 valence electrons. The third kappa shape index (κ3) is 24.1. The second-order valence-electron chi connectivity index (χ2n) is 10.4. The first kappa shape index (κ1) is 29.0. The van der Waals surface area contributed by atoms with Crippen LogP contribution in [-0.4, -0.2) is 0 Å². The molecule has 0 aromatic heterocycles. The van der Waals surface area contributed by atoms with Crippen LogP contribution in [0.15, 0.2) is 0 Å². The predicted octanol–water partition coefficient (Wildman–Crippen LogP) is 11.3. The first-order valence-electron chi connectivity index (χ1n) is 14.2. The molecule has 0 aromatic carbocycles. The summed E-state index contributed by atoms with van der Waals surface area (Å²) in [6, 6.07) is 0. The lowest BCUT2D eigenvalue weighted by atomic mass is 9.95. The first-order valence-corrected chi connectivity index (χ1v) is 14.2. The Morgan fingerprint density at radius 1 is 0.310 bits per heavy atom. The van der Waals surface area contributed by atoms with E-state index in [1.54, 1.807) is 0 Å². The van der Waals surface area contributed by atoms with Crippen LogP contribution >= 0.6 is 0 Å². The van der Waals surface area contributed by atoms with Crippen LogP contribution in [0.25, 0.3) is 0 Å². The van der Waals surface area contributed by atoms with Gasteiger partial charge in [-0.25, -0.2) is 0 Å². The Balaban J connectivity index is 3.19. The molecule has 0 aliphatic heterocycles. The van der Waals surface area contributed by atoms with Gasteiger partial charge in [-0.05, 0) is 11.8 Å². The van der Waals surface area contributed by atoms with Crippen molar-refractivity contribution in [3.63, 3.8) is 0 Å². The van der Waals surface area contributed by atoms with E-state index in [-0.39, 0.29) is 0 Å². The summed E-state index contributed by atoms with van der Waals surface area (Å²) in [6.45, 7) is 9.57. The van der Waals surface area contributed by atoms with Crippen molar-refractivity contribution in [3.8, 4) is 0 Å². The molecule has 0 spiro atoms. The standard InChI is InChI=1S/C29H60/c1-5-7-9-11-17-21-25-29(4)27-23-19-16-14-12-13-15-18-22-26-28(3)24-20-10-8-6-2/h28-29H,5-27H2,1-4H3. The molecule has 0 radical (unpaired) electrons. The topological polar surface area (TPSA) is 0 Å². The fourth-order valence-corrected chi connectivity index (χ4v) is 4.70. The number of hydrogen-bond acceptors (Lipinski definition) is 0. The zero-order valence-electron chi connectivity index (χ0n) is 21.4. The van der Waals surface area contributed by atoms with Gasteiger partial charge >= 0.3 is 0 Å². The highest BCUT2D eigenvalue weighted by Gasteiger charge is 2.03. The fraction of sp³-hybridized carbons (Fsp3) is 1.00. The second kappa shape index (κ2) is 24.3. The van der Waals surface area contributed by atoms with E-state index >= 15 is 0 Å². The zero-order valence-corrected chi connectivity index (χ0v) is 21.4. The zero-order chi connectivity index (χ0) is 21.4. The predicted molar refractivity (Wildman–Crippen MR) is 136 cm³/mol. The maximum atomic E-state index is 2.48. The molecular weight excluding hydrogens is 348 g/mol. The summed E-state index contributed by atoms with van der Waals surface area (Å²) in [5.74, 6) is 1.94. The molecule has 0 bridgehead atoms. The van der Waals surface area contributed by atoms with Gasteiger partial charge in [-0.15, -0.1) is 0 Å². The summed E-state index contributed by atoms with van der Waals surface area (Å²) < 4.78 is 0. The summed E-state index contributed by atoms with van der Waals surface area (Å²) in [5, 5.41) is 0. The van der Waals surface area contributed by atoms with Gasteiger partial charge < -0.3 is 0 Å². The smallest absolute Gasteiger partial charge is 0.0443 e. The Bertz CT molecular complexity index is 282. The van der Waals surface area contributed by atoms with Crippen molar-refractivity contribution in [2.75, 3.05) is 0 Å². The van der Waals surface area contributed by atoms with E-state index in [9.17, 15) is 0 Å². The first-order chi connectivity index (χ1) is 14.2. The maximum absolute atomic E-state index is 2.48. The van der Waals surface area contributed by atoms with Crippen molar-refractivity contribution in [1.82, 2.24) is 0 Å².